The number of fused-ring (bicyclic) bond motifs is 2. The summed E-state index contributed by atoms with van der Waals surface area (Å²) >= 11 is -1.13. The van der Waals surface area contributed by atoms with Crippen molar-refractivity contribution in [2.75, 3.05) is 6.26 Å². The quantitative estimate of drug-likeness (QED) is 0.682. The summed E-state index contributed by atoms with van der Waals surface area (Å²) in [4.78, 5) is 24.8. The normalized spacial score (nSPS) is 15.7. The number of carbonyl (C=O) groups excluding carboxylic acids is 2. The first kappa shape index (κ1) is 13.9. The topological polar surface area (TPSA) is 70.3 Å². The van der Waals surface area contributed by atoms with E-state index in [1.54, 1.807) is 43.5 Å². The third-order valence-corrected chi connectivity index (χ3v) is 4.02. The van der Waals surface area contributed by atoms with Crippen molar-refractivity contribution in [3.05, 3.63) is 64.0 Å². The lowest BCUT2D eigenvalue weighted by molar-refractivity contribution is 0.0960. The summed E-state index contributed by atoms with van der Waals surface area (Å²) in [7, 11) is 0. The molecule has 1 unspecified atom stereocenters. The summed E-state index contributed by atoms with van der Waals surface area (Å²) in [6, 6.07) is 8.23. The molecule has 1 aromatic carbocycles. The number of carbonyl (C=O) groups is 2. The fourth-order valence-electron chi connectivity index (χ4n) is 2.38. The molecule has 106 valence electrons. The van der Waals surface area contributed by atoms with Gasteiger partial charge in [-0.1, -0.05) is 24.3 Å². The van der Waals surface area contributed by atoms with Crippen LogP contribution >= 0.6 is 0 Å². The number of furan rings is 1. The molecule has 5 heteroatoms. The highest BCUT2D eigenvalue weighted by Crippen LogP contribution is 2.31. The molecule has 3 rings (SSSR count). The van der Waals surface area contributed by atoms with Gasteiger partial charge in [-0.25, -0.2) is 0 Å². The second kappa shape index (κ2) is 5.02. The van der Waals surface area contributed by atoms with Crippen LogP contribution in [0.4, 0.5) is 0 Å². The highest BCUT2D eigenvalue weighted by molar-refractivity contribution is 7.93. The van der Waals surface area contributed by atoms with Crippen LogP contribution in [0.1, 0.15) is 44.7 Å². The van der Waals surface area contributed by atoms with E-state index in [0.29, 0.717) is 22.5 Å². The van der Waals surface area contributed by atoms with E-state index < -0.39 is 11.2 Å². The molecule has 0 radical (unpaired) electrons. The first-order valence-electron chi connectivity index (χ1n) is 6.32. The Hall–Kier alpha value is -2.11. The van der Waals surface area contributed by atoms with Crippen molar-refractivity contribution in [1.82, 2.24) is 0 Å². The maximum Gasteiger partial charge on any atom is 0.229 e. The summed E-state index contributed by atoms with van der Waals surface area (Å²) in [6.45, 7) is 1.73. The van der Waals surface area contributed by atoms with Crippen LogP contribution in [-0.2, 0) is 11.2 Å². The molecule has 21 heavy (non-hydrogen) atoms. The zero-order chi connectivity index (χ0) is 15.1. The molecule has 0 bridgehead atoms. The molecule has 1 atom stereocenters. The molecule has 0 aliphatic heterocycles. The second-order valence-electron chi connectivity index (χ2n) is 4.86. The minimum atomic E-state index is -1.13. The van der Waals surface area contributed by atoms with Crippen LogP contribution in [-0.4, -0.2) is 22.4 Å². The van der Waals surface area contributed by atoms with E-state index in [2.05, 4.69) is 0 Å². The number of rotatable bonds is 2. The Morgan fingerprint density at radius 2 is 1.76 bits per heavy atom. The van der Waals surface area contributed by atoms with Gasteiger partial charge in [0.05, 0.1) is 11.8 Å². The van der Waals surface area contributed by atoms with Crippen molar-refractivity contribution >= 4 is 28.3 Å². The van der Waals surface area contributed by atoms with Crippen molar-refractivity contribution in [3.63, 3.8) is 0 Å². The molecule has 0 saturated carbocycles. The van der Waals surface area contributed by atoms with Gasteiger partial charge >= 0.3 is 0 Å². The number of hydrogen-bond donors (Lipinski definition) is 0. The van der Waals surface area contributed by atoms with E-state index in [1.807, 2.05) is 0 Å². The average Bonchev–Trinajstić information content (AvgIpc) is 2.90. The summed E-state index contributed by atoms with van der Waals surface area (Å²) in [6.07, 6.45) is 1.54. The van der Waals surface area contributed by atoms with Gasteiger partial charge in [-0.2, -0.15) is 0 Å². The van der Waals surface area contributed by atoms with Crippen molar-refractivity contribution < 1.29 is 18.6 Å². The zero-order valence-electron chi connectivity index (χ0n) is 11.5. The maximum atomic E-state index is 12.4. The van der Waals surface area contributed by atoms with Crippen LogP contribution in [0.25, 0.3) is 5.57 Å². The molecule has 2 aromatic rings. The summed E-state index contributed by atoms with van der Waals surface area (Å²) in [5.74, 6) is -0.0643. The van der Waals surface area contributed by atoms with E-state index in [-0.39, 0.29) is 22.9 Å². The Morgan fingerprint density at radius 3 is 2.38 bits per heavy atom. The van der Waals surface area contributed by atoms with Gasteiger partial charge in [-0.3, -0.25) is 9.59 Å². The minimum Gasteiger partial charge on any atom is -0.612 e. The highest BCUT2D eigenvalue weighted by atomic mass is 32.2. The predicted molar refractivity (Wildman–Crippen MR) is 79.7 cm³/mol. The standard InChI is InChI=1S/C16H12O4S/c1-9(8-21(2)19)13-7-12-14(17)10-5-3-4-6-11(10)15(18)16(12)20-13/h3-8H,1-2H3/b9-8+. The van der Waals surface area contributed by atoms with Crippen LogP contribution in [0.2, 0.25) is 0 Å². The van der Waals surface area contributed by atoms with Gasteiger partial charge in [0, 0.05) is 16.7 Å². The largest absolute Gasteiger partial charge is 0.612 e. The lowest BCUT2D eigenvalue weighted by atomic mass is 9.88. The predicted octanol–water partition coefficient (Wildman–Crippen LogP) is 2.79. The zero-order valence-corrected chi connectivity index (χ0v) is 12.3. The van der Waals surface area contributed by atoms with Gasteiger partial charge in [0.15, 0.2) is 11.5 Å². The molecule has 4 nitrogen and oxygen atoms in total. The van der Waals surface area contributed by atoms with Crippen molar-refractivity contribution in [1.29, 1.82) is 0 Å². The van der Waals surface area contributed by atoms with Crippen molar-refractivity contribution in [2.45, 2.75) is 6.92 Å². The third kappa shape index (κ3) is 2.24. The van der Waals surface area contributed by atoms with Gasteiger partial charge < -0.3 is 8.97 Å². The smallest absolute Gasteiger partial charge is 0.229 e. The maximum absolute atomic E-state index is 12.4. The van der Waals surface area contributed by atoms with Gasteiger partial charge in [0.2, 0.25) is 5.78 Å². The molecule has 1 heterocycles. The molecular formula is C16H12O4S. The second-order valence-corrected chi connectivity index (χ2v) is 6.09. The van der Waals surface area contributed by atoms with Crippen LogP contribution < -0.4 is 0 Å². The monoisotopic (exact) mass is 300 g/mol. The Morgan fingerprint density at radius 1 is 1.14 bits per heavy atom. The van der Waals surface area contributed by atoms with Gasteiger partial charge in [0.25, 0.3) is 0 Å². The van der Waals surface area contributed by atoms with Crippen molar-refractivity contribution in [3.8, 4) is 0 Å². The molecule has 1 aliphatic carbocycles. The van der Waals surface area contributed by atoms with Crippen molar-refractivity contribution in [2.24, 2.45) is 0 Å². The summed E-state index contributed by atoms with van der Waals surface area (Å²) in [5.41, 5.74) is 1.65. The number of benzene rings is 1. The van der Waals surface area contributed by atoms with E-state index in [4.69, 9.17) is 4.42 Å². The van der Waals surface area contributed by atoms with E-state index in [1.165, 1.54) is 5.41 Å². The minimum absolute atomic E-state index is 0.0586. The van der Waals surface area contributed by atoms with E-state index >= 15 is 0 Å². The van der Waals surface area contributed by atoms with Crippen LogP contribution in [0.5, 0.6) is 0 Å². The number of ketones is 2. The lowest BCUT2D eigenvalue weighted by Crippen LogP contribution is -2.18. The molecule has 0 fully saturated rings. The van der Waals surface area contributed by atoms with Gasteiger partial charge in [-0.05, 0) is 24.2 Å². The molecular weight excluding hydrogens is 288 g/mol. The third-order valence-electron chi connectivity index (χ3n) is 3.33. The fraction of sp³-hybridized carbons (Fsp3) is 0.125. The molecule has 0 amide bonds. The molecule has 0 saturated heterocycles. The summed E-state index contributed by atoms with van der Waals surface area (Å²) in [5, 5.41) is 1.52. The fourth-order valence-corrected chi connectivity index (χ4v) is 2.99. The number of allylic oxidation sites excluding steroid dienone is 1. The first-order valence-corrected chi connectivity index (χ1v) is 7.94. The Bertz CT molecular complexity index is 731. The Kier molecular flexibility index (Phi) is 3.31. The van der Waals surface area contributed by atoms with Crippen LogP contribution in [0, 0.1) is 0 Å². The van der Waals surface area contributed by atoms with Crippen LogP contribution in [0.3, 0.4) is 0 Å². The SMILES string of the molecule is C/C(=C\[S+](C)[O-])c1cc2c(o1)C(=O)c1ccccc1C2=O. The Labute approximate surface area is 124 Å². The first-order chi connectivity index (χ1) is 9.99. The van der Waals surface area contributed by atoms with E-state index in [0.717, 1.165) is 0 Å². The van der Waals surface area contributed by atoms with Crippen LogP contribution in [0.15, 0.2) is 40.2 Å². The molecule has 1 aliphatic rings. The highest BCUT2D eigenvalue weighted by Gasteiger charge is 2.33. The average molecular weight is 300 g/mol. The summed E-state index contributed by atoms with van der Waals surface area (Å²) < 4.78 is 16.8. The molecule has 0 spiro atoms. The lowest BCUT2D eigenvalue weighted by Gasteiger charge is -2.11. The van der Waals surface area contributed by atoms with E-state index in [9.17, 15) is 14.1 Å². The van der Waals surface area contributed by atoms with Gasteiger partial charge in [0.1, 0.15) is 11.2 Å². The van der Waals surface area contributed by atoms with Gasteiger partial charge in [-0.15, -0.1) is 0 Å². The Balaban J connectivity index is 2.14. The molecule has 1 aromatic heterocycles. The molecule has 0 N–H and O–H groups in total. The number of hydrogen-bond acceptors (Lipinski definition) is 4.